The normalized spacial score (nSPS) is 29.8. The minimum atomic E-state index is -2.28. The van der Waals surface area contributed by atoms with E-state index in [1.807, 2.05) is 27.7 Å². The van der Waals surface area contributed by atoms with Crippen molar-refractivity contribution >= 4 is 25.9 Å². The second kappa shape index (κ2) is 22.6. The zero-order valence-electron chi connectivity index (χ0n) is 37.9. The van der Waals surface area contributed by atoms with Crippen LogP contribution in [0.2, 0.25) is 18.1 Å². The first kappa shape index (κ1) is 49.5. The molecule has 2 amide bonds. The van der Waals surface area contributed by atoms with E-state index in [9.17, 15) is 19.5 Å². The smallest absolute Gasteiger partial charge is 0.225 e. The highest BCUT2D eigenvalue weighted by Gasteiger charge is 2.45. The van der Waals surface area contributed by atoms with Crippen LogP contribution >= 0.6 is 0 Å². The molecular weight excluding hydrogens is 737 g/mol. The van der Waals surface area contributed by atoms with Crippen LogP contribution in [0.3, 0.4) is 0 Å². The Morgan fingerprint density at radius 1 is 0.930 bits per heavy atom. The molecule has 0 aliphatic carbocycles. The molecule has 0 radical (unpaired) electrons. The fourth-order valence-electron chi connectivity index (χ4n) is 8.19. The predicted molar refractivity (Wildman–Crippen MR) is 231 cm³/mol. The largest absolute Gasteiger partial charge is 0.411 e. The van der Waals surface area contributed by atoms with Gasteiger partial charge in [0.1, 0.15) is 0 Å². The lowest BCUT2D eigenvalue weighted by Crippen LogP contribution is -2.52. The summed E-state index contributed by atoms with van der Waals surface area (Å²) in [6.45, 7) is 25.8. The lowest BCUT2D eigenvalue weighted by Gasteiger charge is -2.48. The third kappa shape index (κ3) is 15.9. The second-order valence-electron chi connectivity index (χ2n) is 19.5. The van der Waals surface area contributed by atoms with Crippen molar-refractivity contribution in [2.45, 2.75) is 213 Å². The molecule has 57 heavy (non-hydrogen) atoms. The average molecular weight is 819 g/mol. The van der Waals surface area contributed by atoms with Gasteiger partial charge >= 0.3 is 0 Å². The standard InChI is InChI=1S/C46H82N2O8Si/c1-13-16-37(50)28-39-22-20-32(3)41(53-39)29-43(51)48-30-42(56-57(11,12)45(8,9)10)35(6)44(52)47-26-15-18-40-33(4)23-25-46(55-40)24-14-17-38(54-46)21-19-31(2)27-34(5)36(7)49/h13,16,27,31-33,35-36,38-42,49H,14-15,17-26,28-30H2,1-12H3,(H,47,52)(H,48,51)/b16-13+,34-27+/t31-,32-,33-,35+,36+,38-,39+,40+,41-,42-,46-/m0/s1. The lowest BCUT2D eigenvalue weighted by atomic mass is 9.85. The molecule has 3 aliphatic rings. The molecule has 11 heteroatoms. The summed E-state index contributed by atoms with van der Waals surface area (Å²) in [6, 6.07) is 0. The Balaban J connectivity index is 1.53. The topological polar surface area (TPSA) is 132 Å². The molecule has 10 nitrogen and oxygen atoms in total. The van der Waals surface area contributed by atoms with E-state index in [4.69, 9.17) is 18.6 Å². The number of hydrogen-bond donors (Lipinski definition) is 3. The molecule has 3 fully saturated rings. The number of hydrogen-bond acceptors (Lipinski definition) is 8. The SMILES string of the molecule is C/C=C/C(=O)C[C@H]1CC[C@H](C)[C@H](CC(=O)NC[C@H](O[Si](C)(C)C(C)(C)C)[C@@H](C)C(=O)NCCC[C@H]2O[C@@]3(CCC[C@@H](CC[C@H](C)/C=C(\C)[C@@H](C)O)O3)CC[C@@H]2C)O1. The fourth-order valence-corrected chi connectivity index (χ4v) is 9.59. The number of aliphatic hydroxyl groups is 1. The number of ketones is 1. The third-order valence-electron chi connectivity index (χ3n) is 13.4. The van der Waals surface area contributed by atoms with Crippen molar-refractivity contribution in [2.75, 3.05) is 13.1 Å². The summed E-state index contributed by atoms with van der Waals surface area (Å²) in [4.78, 5) is 39.2. The van der Waals surface area contributed by atoms with E-state index >= 15 is 0 Å². The van der Waals surface area contributed by atoms with Gasteiger partial charge in [-0.1, -0.05) is 60.6 Å². The van der Waals surface area contributed by atoms with E-state index in [2.05, 4.69) is 71.3 Å². The second-order valence-corrected chi connectivity index (χ2v) is 24.3. The van der Waals surface area contributed by atoms with Crippen LogP contribution in [0, 0.1) is 23.7 Å². The molecule has 3 heterocycles. The third-order valence-corrected chi connectivity index (χ3v) is 17.9. The lowest BCUT2D eigenvalue weighted by molar-refractivity contribution is -0.324. The quantitative estimate of drug-likeness (QED) is 0.0481. The van der Waals surface area contributed by atoms with Gasteiger partial charge in [0.15, 0.2) is 19.9 Å². The van der Waals surface area contributed by atoms with E-state index in [0.717, 1.165) is 76.2 Å². The summed E-state index contributed by atoms with van der Waals surface area (Å²) < 4.78 is 26.6. The Morgan fingerprint density at radius 3 is 2.30 bits per heavy atom. The molecular formula is C46H82N2O8Si. The zero-order valence-corrected chi connectivity index (χ0v) is 38.9. The van der Waals surface area contributed by atoms with Crippen molar-refractivity contribution in [3.05, 3.63) is 23.8 Å². The predicted octanol–water partition coefficient (Wildman–Crippen LogP) is 8.96. The molecule has 0 saturated carbocycles. The first-order chi connectivity index (χ1) is 26.6. The van der Waals surface area contributed by atoms with Gasteiger partial charge in [-0.05, 0) is 126 Å². The van der Waals surface area contributed by atoms with Crippen molar-refractivity contribution in [1.29, 1.82) is 0 Å². The highest BCUT2D eigenvalue weighted by molar-refractivity contribution is 6.74. The molecule has 3 aliphatic heterocycles. The van der Waals surface area contributed by atoms with Crippen molar-refractivity contribution in [3.63, 3.8) is 0 Å². The van der Waals surface area contributed by atoms with Crippen LogP contribution in [0.1, 0.15) is 153 Å². The highest BCUT2D eigenvalue weighted by atomic mass is 28.4. The van der Waals surface area contributed by atoms with Crippen LogP contribution in [0.25, 0.3) is 0 Å². The monoisotopic (exact) mass is 819 g/mol. The molecule has 0 aromatic carbocycles. The molecule has 1 spiro atoms. The van der Waals surface area contributed by atoms with Crippen molar-refractivity contribution in [3.8, 4) is 0 Å². The zero-order chi connectivity index (χ0) is 42.6. The molecule has 0 bridgehead atoms. The van der Waals surface area contributed by atoms with Crippen molar-refractivity contribution in [1.82, 2.24) is 10.6 Å². The Labute approximate surface area is 347 Å². The number of rotatable bonds is 20. The Hall–Kier alpha value is -1.89. The summed E-state index contributed by atoms with van der Waals surface area (Å²) in [7, 11) is -2.28. The molecule has 328 valence electrons. The number of amides is 2. The number of aliphatic hydroxyl groups excluding tert-OH is 1. The van der Waals surface area contributed by atoms with Crippen LogP contribution in [-0.2, 0) is 33.0 Å². The molecule has 0 aromatic heterocycles. The Morgan fingerprint density at radius 2 is 1.63 bits per heavy atom. The number of nitrogens with one attached hydrogen (secondary N) is 2. The summed E-state index contributed by atoms with van der Waals surface area (Å²) in [5.41, 5.74) is 1.02. The minimum Gasteiger partial charge on any atom is -0.411 e. The van der Waals surface area contributed by atoms with Crippen LogP contribution < -0.4 is 10.6 Å². The van der Waals surface area contributed by atoms with Gasteiger partial charge in [-0.2, -0.15) is 0 Å². The Kier molecular flexibility index (Phi) is 19.6. The average Bonchev–Trinajstić information content (AvgIpc) is 3.13. The van der Waals surface area contributed by atoms with Gasteiger partial charge in [0.2, 0.25) is 11.8 Å². The fraction of sp³-hybridized carbons (Fsp3) is 0.848. The van der Waals surface area contributed by atoms with Gasteiger partial charge in [0, 0.05) is 32.4 Å². The first-order valence-corrected chi connectivity index (χ1v) is 25.3. The van der Waals surface area contributed by atoms with Gasteiger partial charge in [-0.25, -0.2) is 0 Å². The first-order valence-electron chi connectivity index (χ1n) is 22.4. The molecule has 0 unspecified atom stereocenters. The van der Waals surface area contributed by atoms with Crippen LogP contribution in [-0.4, -0.2) is 86.5 Å². The van der Waals surface area contributed by atoms with E-state index in [0.29, 0.717) is 24.8 Å². The maximum Gasteiger partial charge on any atom is 0.225 e. The molecule has 0 aromatic rings. The molecule has 3 saturated heterocycles. The van der Waals surface area contributed by atoms with E-state index < -0.39 is 32.2 Å². The van der Waals surface area contributed by atoms with E-state index in [-0.39, 0.29) is 65.9 Å². The van der Waals surface area contributed by atoms with Crippen LogP contribution in [0.15, 0.2) is 23.8 Å². The van der Waals surface area contributed by atoms with Crippen LogP contribution in [0.4, 0.5) is 0 Å². The Bertz CT molecular complexity index is 1340. The maximum absolute atomic E-state index is 13.7. The molecule has 3 rings (SSSR count). The van der Waals surface area contributed by atoms with Gasteiger partial charge in [0.25, 0.3) is 0 Å². The highest BCUT2D eigenvalue weighted by Crippen LogP contribution is 2.43. The van der Waals surface area contributed by atoms with Gasteiger partial charge in [-0.3, -0.25) is 14.4 Å². The van der Waals surface area contributed by atoms with E-state index in [1.54, 1.807) is 12.2 Å². The maximum atomic E-state index is 13.7. The van der Waals surface area contributed by atoms with Gasteiger partial charge in [0.05, 0.1) is 49.0 Å². The summed E-state index contributed by atoms with van der Waals surface area (Å²) >= 11 is 0. The van der Waals surface area contributed by atoms with E-state index in [1.165, 1.54) is 0 Å². The molecule has 3 N–H and O–H groups in total. The number of allylic oxidation sites excluding steroid dienone is 3. The number of ether oxygens (including phenoxy) is 3. The van der Waals surface area contributed by atoms with Crippen molar-refractivity contribution < 1.29 is 38.1 Å². The van der Waals surface area contributed by atoms with Crippen molar-refractivity contribution in [2.24, 2.45) is 23.7 Å². The number of carbonyl (C=O) groups excluding carboxylic acids is 3. The summed E-state index contributed by atoms with van der Waals surface area (Å²) in [5.74, 6) is -0.138. The summed E-state index contributed by atoms with van der Waals surface area (Å²) in [5, 5.41) is 16.1. The molecule has 11 atom stereocenters. The minimum absolute atomic E-state index is 0.0432. The van der Waals surface area contributed by atoms with Gasteiger partial charge in [-0.15, -0.1) is 0 Å². The van der Waals surface area contributed by atoms with Gasteiger partial charge < -0.3 is 34.4 Å². The number of carbonyl (C=O) groups is 3. The van der Waals surface area contributed by atoms with Crippen LogP contribution in [0.5, 0.6) is 0 Å². The summed E-state index contributed by atoms with van der Waals surface area (Å²) in [6.07, 6.45) is 15.4.